The molecule has 0 saturated carbocycles. The molecule has 2 N–H and O–H groups in total. The highest BCUT2D eigenvalue weighted by molar-refractivity contribution is 5.73. The summed E-state index contributed by atoms with van der Waals surface area (Å²) < 4.78 is 30.0. The minimum atomic E-state index is -1.13. The number of carbonyl (C=O) groups is 2. The van der Waals surface area contributed by atoms with Crippen molar-refractivity contribution in [3.8, 4) is 5.75 Å². The summed E-state index contributed by atoms with van der Waals surface area (Å²) in [6.45, 7) is 10.4. The normalized spacial score (nSPS) is 30.7. The maximum atomic E-state index is 12.0. The first kappa shape index (κ1) is 23.5. The number of hydrogen-bond acceptors (Lipinski definition) is 7. The van der Waals surface area contributed by atoms with Crippen molar-refractivity contribution < 1.29 is 38.4 Å². The van der Waals surface area contributed by atoms with E-state index in [1.54, 1.807) is 13.8 Å². The molecule has 1 aromatic rings. The summed E-state index contributed by atoms with van der Waals surface area (Å²) in [7, 11) is 0. The Hall–Kier alpha value is -2.20. The molecule has 2 saturated heterocycles. The van der Waals surface area contributed by atoms with E-state index in [2.05, 4.69) is 5.32 Å². The Kier molecular flexibility index (Phi) is 6.90. The molecule has 1 amide bonds. The van der Waals surface area contributed by atoms with Crippen LogP contribution in [0.5, 0.6) is 5.75 Å². The van der Waals surface area contributed by atoms with Crippen LogP contribution in [0.25, 0.3) is 0 Å². The van der Waals surface area contributed by atoms with E-state index in [1.807, 2.05) is 32.0 Å². The third-order valence-corrected chi connectivity index (χ3v) is 5.33. The molecular formula is C22H31NO8. The Morgan fingerprint density at radius 1 is 1.29 bits per heavy atom. The van der Waals surface area contributed by atoms with Crippen molar-refractivity contribution in [1.29, 1.82) is 0 Å². The molecule has 6 unspecified atom stereocenters. The van der Waals surface area contributed by atoms with Crippen LogP contribution in [0, 0.1) is 13.8 Å². The standard InChI is InChI=1S/C22H31NO8/c1-11-7-8-12(2)15(9-11)29-21-17(23-14(4)24)19(28-13(3)20(25)26)18-16(30-21)10-27-22(5,6)31-18/h7-9,13,16-19,21H,10H2,1-6H3,(H,23,24)(H,25,26). The fraction of sp³-hybridized carbons (Fsp3) is 0.636. The predicted octanol–water partition coefficient (Wildman–Crippen LogP) is 1.92. The lowest BCUT2D eigenvalue weighted by Crippen LogP contribution is -2.70. The number of carboxylic acid groups (broad SMARTS) is 1. The molecule has 1 aromatic carbocycles. The summed E-state index contributed by atoms with van der Waals surface area (Å²) in [6.07, 6.45) is -4.15. The minimum Gasteiger partial charge on any atom is -0.479 e. The molecule has 3 rings (SSSR count). The fourth-order valence-electron chi connectivity index (χ4n) is 3.73. The molecule has 2 aliphatic rings. The van der Waals surface area contributed by atoms with Crippen LogP contribution in [-0.4, -0.2) is 66.1 Å². The van der Waals surface area contributed by atoms with E-state index < -0.39 is 48.5 Å². The molecule has 172 valence electrons. The lowest BCUT2D eigenvalue weighted by Gasteiger charge is -2.51. The summed E-state index contributed by atoms with van der Waals surface area (Å²) in [4.78, 5) is 23.5. The molecule has 2 heterocycles. The number of aliphatic carboxylic acids is 1. The van der Waals surface area contributed by atoms with Crippen LogP contribution in [0.1, 0.15) is 38.8 Å². The van der Waals surface area contributed by atoms with Gasteiger partial charge in [0.25, 0.3) is 0 Å². The van der Waals surface area contributed by atoms with Gasteiger partial charge in [0.05, 0.1) is 6.61 Å². The highest BCUT2D eigenvalue weighted by Crippen LogP contribution is 2.35. The maximum absolute atomic E-state index is 12.0. The summed E-state index contributed by atoms with van der Waals surface area (Å²) in [5.74, 6) is -1.77. The Morgan fingerprint density at radius 2 is 2.00 bits per heavy atom. The molecule has 2 fully saturated rings. The zero-order valence-corrected chi connectivity index (χ0v) is 18.7. The Labute approximate surface area is 181 Å². The molecule has 0 spiro atoms. The van der Waals surface area contributed by atoms with Crippen molar-refractivity contribution in [3.63, 3.8) is 0 Å². The third kappa shape index (κ3) is 5.54. The van der Waals surface area contributed by atoms with Gasteiger partial charge in [0.2, 0.25) is 12.2 Å². The van der Waals surface area contributed by atoms with Gasteiger partial charge < -0.3 is 34.1 Å². The van der Waals surface area contributed by atoms with Crippen LogP contribution in [0.2, 0.25) is 0 Å². The van der Waals surface area contributed by atoms with Crippen LogP contribution in [-0.2, 0) is 28.5 Å². The third-order valence-electron chi connectivity index (χ3n) is 5.33. The zero-order chi connectivity index (χ0) is 22.9. The number of nitrogens with one attached hydrogen (secondary N) is 1. The van der Waals surface area contributed by atoms with Crippen LogP contribution in [0.3, 0.4) is 0 Å². The number of amides is 1. The minimum absolute atomic E-state index is 0.207. The molecule has 31 heavy (non-hydrogen) atoms. The van der Waals surface area contributed by atoms with Crippen LogP contribution in [0.4, 0.5) is 0 Å². The van der Waals surface area contributed by atoms with Crippen molar-refractivity contribution in [2.24, 2.45) is 0 Å². The van der Waals surface area contributed by atoms with Gasteiger partial charge in [-0.2, -0.15) is 0 Å². The number of hydrogen-bond donors (Lipinski definition) is 2. The first-order valence-electron chi connectivity index (χ1n) is 10.3. The molecule has 9 heteroatoms. The molecular weight excluding hydrogens is 406 g/mol. The molecule has 6 atom stereocenters. The maximum Gasteiger partial charge on any atom is 0.332 e. The molecule has 0 aliphatic carbocycles. The van der Waals surface area contributed by atoms with Crippen molar-refractivity contribution in [2.75, 3.05) is 6.61 Å². The quantitative estimate of drug-likeness (QED) is 0.694. The Balaban J connectivity index is 1.97. The van der Waals surface area contributed by atoms with Crippen molar-refractivity contribution in [3.05, 3.63) is 29.3 Å². The van der Waals surface area contributed by atoms with Crippen LogP contribution >= 0.6 is 0 Å². The number of fused-ring (bicyclic) bond motifs is 1. The van der Waals surface area contributed by atoms with Crippen LogP contribution in [0.15, 0.2) is 18.2 Å². The van der Waals surface area contributed by atoms with E-state index in [0.717, 1.165) is 11.1 Å². The molecule has 0 radical (unpaired) electrons. The zero-order valence-electron chi connectivity index (χ0n) is 18.7. The topological polar surface area (TPSA) is 113 Å². The number of benzene rings is 1. The number of aryl methyl sites for hydroxylation is 2. The van der Waals surface area contributed by atoms with Gasteiger partial charge in [0.15, 0.2) is 11.9 Å². The SMILES string of the molecule is CC(=O)NC1C(Oc2cc(C)ccc2C)OC2COC(C)(C)OC2C1OC(C)C(=O)O. The Bertz CT molecular complexity index is 826. The summed E-state index contributed by atoms with van der Waals surface area (Å²) in [5.41, 5.74) is 1.90. The van der Waals surface area contributed by atoms with E-state index in [9.17, 15) is 14.7 Å². The first-order valence-corrected chi connectivity index (χ1v) is 10.3. The molecule has 2 aliphatic heterocycles. The van der Waals surface area contributed by atoms with Crippen molar-refractivity contribution >= 4 is 11.9 Å². The fourth-order valence-corrected chi connectivity index (χ4v) is 3.73. The highest BCUT2D eigenvalue weighted by Gasteiger charge is 2.54. The van der Waals surface area contributed by atoms with Gasteiger partial charge in [0, 0.05) is 6.92 Å². The number of rotatable bonds is 6. The summed E-state index contributed by atoms with van der Waals surface area (Å²) in [6, 6.07) is 4.97. The predicted molar refractivity (Wildman–Crippen MR) is 110 cm³/mol. The molecule has 0 bridgehead atoms. The van der Waals surface area contributed by atoms with Gasteiger partial charge >= 0.3 is 5.97 Å². The lowest BCUT2D eigenvalue weighted by atomic mass is 9.94. The largest absolute Gasteiger partial charge is 0.479 e. The van der Waals surface area contributed by atoms with Crippen molar-refractivity contribution in [2.45, 2.75) is 84.1 Å². The second kappa shape index (κ2) is 9.12. The van der Waals surface area contributed by atoms with Gasteiger partial charge in [-0.05, 0) is 51.8 Å². The number of ether oxygens (including phenoxy) is 5. The first-order chi connectivity index (χ1) is 14.5. The molecule has 0 aromatic heterocycles. The smallest absolute Gasteiger partial charge is 0.332 e. The Morgan fingerprint density at radius 3 is 2.65 bits per heavy atom. The average Bonchev–Trinajstić information content (AvgIpc) is 2.66. The second-order valence-corrected chi connectivity index (χ2v) is 8.53. The second-order valence-electron chi connectivity index (χ2n) is 8.53. The van der Waals surface area contributed by atoms with E-state index in [0.29, 0.717) is 5.75 Å². The van der Waals surface area contributed by atoms with Crippen LogP contribution < -0.4 is 10.1 Å². The number of carboxylic acids is 1. The van der Waals surface area contributed by atoms with Gasteiger partial charge in [-0.25, -0.2) is 4.79 Å². The monoisotopic (exact) mass is 437 g/mol. The summed E-state index contributed by atoms with van der Waals surface area (Å²) in [5, 5.41) is 12.2. The van der Waals surface area contributed by atoms with E-state index in [4.69, 9.17) is 23.7 Å². The molecule has 9 nitrogen and oxygen atoms in total. The van der Waals surface area contributed by atoms with E-state index >= 15 is 0 Å². The summed E-state index contributed by atoms with van der Waals surface area (Å²) >= 11 is 0. The van der Waals surface area contributed by atoms with Crippen molar-refractivity contribution in [1.82, 2.24) is 5.32 Å². The average molecular weight is 437 g/mol. The van der Waals surface area contributed by atoms with Gasteiger partial charge in [-0.3, -0.25) is 4.79 Å². The highest BCUT2D eigenvalue weighted by atomic mass is 16.8. The number of carbonyl (C=O) groups excluding carboxylic acids is 1. The lowest BCUT2D eigenvalue weighted by molar-refractivity contribution is -0.366. The van der Waals surface area contributed by atoms with Gasteiger partial charge in [0.1, 0.15) is 30.1 Å². The van der Waals surface area contributed by atoms with Gasteiger partial charge in [-0.1, -0.05) is 12.1 Å². The van der Waals surface area contributed by atoms with E-state index in [-0.39, 0.29) is 12.5 Å². The van der Waals surface area contributed by atoms with Gasteiger partial charge in [-0.15, -0.1) is 0 Å². The van der Waals surface area contributed by atoms with E-state index in [1.165, 1.54) is 13.8 Å².